The third kappa shape index (κ3) is 6.02. The maximum absolute atomic E-state index is 12.8. The van der Waals surface area contributed by atoms with E-state index in [1.807, 2.05) is 20.8 Å². The first-order valence-electron chi connectivity index (χ1n) is 3.92. The smallest absolute Gasteiger partial charge is 0.102 e. The summed E-state index contributed by atoms with van der Waals surface area (Å²) < 4.78 is 12.8. The predicted molar refractivity (Wildman–Crippen MR) is 42.6 cm³/mol. The van der Waals surface area contributed by atoms with Crippen molar-refractivity contribution in [2.45, 2.75) is 45.8 Å². The maximum atomic E-state index is 12.8. The summed E-state index contributed by atoms with van der Waals surface area (Å²) >= 11 is 0. The molecule has 0 saturated heterocycles. The second kappa shape index (κ2) is 4.67. The van der Waals surface area contributed by atoms with Crippen LogP contribution in [0, 0.1) is 5.92 Å². The summed E-state index contributed by atoms with van der Waals surface area (Å²) in [4.78, 5) is 0. The molecule has 0 aromatic rings. The van der Waals surface area contributed by atoms with E-state index in [0.717, 1.165) is 0 Å². The molecule has 2 unspecified atom stereocenters. The Morgan fingerprint density at radius 2 is 1.70 bits per heavy atom. The molecule has 2 heteroatoms. The van der Waals surface area contributed by atoms with E-state index >= 15 is 0 Å². The van der Waals surface area contributed by atoms with Crippen molar-refractivity contribution >= 4 is 0 Å². The molecule has 0 bridgehead atoms. The zero-order chi connectivity index (χ0) is 8.15. The lowest BCUT2D eigenvalue weighted by atomic mass is 10.0. The van der Waals surface area contributed by atoms with Gasteiger partial charge in [-0.2, -0.15) is 0 Å². The average molecular weight is 147 g/mol. The Morgan fingerprint density at radius 3 is 2.00 bits per heavy atom. The Kier molecular flexibility index (Phi) is 4.62. The van der Waals surface area contributed by atoms with Gasteiger partial charge in [-0.05, 0) is 25.7 Å². The van der Waals surface area contributed by atoms with E-state index < -0.39 is 6.17 Å². The van der Waals surface area contributed by atoms with Crippen LogP contribution in [-0.4, -0.2) is 12.2 Å². The summed E-state index contributed by atoms with van der Waals surface area (Å²) in [6.07, 6.45) is 0.430. The second-order valence-corrected chi connectivity index (χ2v) is 3.44. The van der Waals surface area contributed by atoms with E-state index in [1.54, 1.807) is 0 Å². The molecule has 0 aliphatic heterocycles. The van der Waals surface area contributed by atoms with Crippen molar-refractivity contribution in [2.24, 2.45) is 11.7 Å². The number of hydrogen-bond donors (Lipinski definition) is 1. The molecule has 0 heterocycles. The minimum atomic E-state index is -0.708. The third-order valence-corrected chi connectivity index (χ3v) is 1.35. The summed E-state index contributed by atoms with van der Waals surface area (Å²) in [5.74, 6) is 0.439. The van der Waals surface area contributed by atoms with Crippen LogP contribution in [0.15, 0.2) is 0 Å². The topological polar surface area (TPSA) is 26.0 Å². The van der Waals surface area contributed by atoms with Crippen LogP contribution >= 0.6 is 0 Å². The van der Waals surface area contributed by atoms with Gasteiger partial charge in [0.25, 0.3) is 0 Å². The lowest BCUT2D eigenvalue weighted by Crippen LogP contribution is -2.21. The van der Waals surface area contributed by atoms with Crippen LogP contribution in [0.25, 0.3) is 0 Å². The van der Waals surface area contributed by atoms with Crippen LogP contribution in [0.3, 0.4) is 0 Å². The minimum absolute atomic E-state index is 0.00579. The summed E-state index contributed by atoms with van der Waals surface area (Å²) in [5, 5.41) is 0. The summed E-state index contributed by atoms with van der Waals surface area (Å²) in [6, 6.07) is -0.00579. The van der Waals surface area contributed by atoms with Crippen LogP contribution in [0.4, 0.5) is 4.39 Å². The number of halogens is 1. The number of nitrogens with two attached hydrogens (primary N) is 1. The van der Waals surface area contributed by atoms with Gasteiger partial charge in [-0.15, -0.1) is 0 Å². The van der Waals surface area contributed by atoms with Crippen molar-refractivity contribution in [2.75, 3.05) is 0 Å². The van der Waals surface area contributed by atoms with Gasteiger partial charge >= 0.3 is 0 Å². The highest BCUT2D eigenvalue weighted by molar-refractivity contribution is 4.64. The fourth-order valence-corrected chi connectivity index (χ4v) is 1.01. The van der Waals surface area contributed by atoms with E-state index in [4.69, 9.17) is 5.73 Å². The lowest BCUT2D eigenvalue weighted by molar-refractivity contribution is 0.256. The monoisotopic (exact) mass is 147 g/mol. The van der Waals surface area contributed by atoms with Crippen molar-refractivity contribution in [3.63, 3.8) is 0 Å². The van der Waals surface area contributed by atoms with Gasteiger partial charge in [-0.25, -0.2) is 4.39 Å². The molecule has 1 nitrogen and oxygen atoms in total. The summed E-state index contributed by atoms with van der Waals surface area (Å²) in [7, 11) is 0. The summed E-state index contributed by atoms with van der Waals surface area (Å²) in [6.45, 7) is 5.88. The van der Waals surface area contributed by atoms with Gasteiger partial charge in [-0.3, -0.25) is 0 Å². The Balaban J connectivity index is 3.34. The van der Waals surface area contributed by atoms with Gasteiger partial charge in [0.15, 0.2) is 0 Å². The van der Waals surface area contributed by atoms with Crippen LogP contribution in [0.5, 0.6) is 0 Å². The Labute approximate surface area is 62.8 Å². The predicted octanol–water partition coefficient (Wildman–Crippen LogP) is 2.11. The molecular weight excluding hydrogens is 129 g/mol. The SMILES string of the molecule is CC(C)CC(F)CC(C)N. The van der Waals surface area contributed by atoms with Crippen molar-refractivity contribution < 1.29 is 4.39 Å². The molecule has 2 N–H and O–H groups in total. The van der Waals surface area contributed by atoms with Gasteiger partial charge in [-0.1, -0.05) is 13.8 Å². The molecule has 0 rings (SSSR count). The molecule has 10 heavy (non-hydrogen) atoms. The molecule has 0 aliphatic carbocycles. The zero-order valence-electron chi connectivity index (χ0n) is 7.10. The van der Waals surface area contributed by atoms with Gasteiger partial charge in [0.1, 0.15) is 6.17 Å². The molecule has 2 atom stereocenters. The molecule has 0 spiro atoms. The van der Waals surface area contributed by atoms with Crippen LogP contribution in [0.1, 0.15) is 33.6 Å². The average Bonchev–Trinajstić information content (AvgIpc) is 1.58. The van der Waals surface area contributed by atoms with E-state index in [9.17, 15) is 4.39 Å². The zero-order valence-corrected chi connectivity index (χ0v) is 7.10. The molecule has 0 aromatic heterocycles. The first-order valence-corrected chi connectivity index (χ1v) is 3.92. The normalized spacial score (nSPS) is 17.4. The van der Waals surface area contributed by atoms with E-state index in [1.165, 1.54) is 0 Å². The van der Waals surface area contributed by atoms with Crippen molar-refractivity contribution in [1.29, 1.82) is 0 Å². The van der Waals surface area contributed by atoms with Gasteiger partial charge in [0, 0.05) is 6.04 Å². The van der Waals surface area contributed by atoms with E-state index in [-0.39, 0.29) is 6.04 Å². The molecule has 62 valence electrons. The Morgan fingerprint density at radius 1 is 1.20 bits per heavy atom. The van der Waals surface area contributed by atoms with Gasteiger partial charge in [0.2, 0.25) is 0 Å². The van der Waals surface area contributed by atoms with Crippen molar-refractivity contribution in [3.05, 3.63) is 0 Å². The first kappa shape index (κ1) is 9.89. The fraction of sp³-hybridized carbons (Fsp3) is 1.00. The molecule has 0 amide bonds. The maximum Gasteiger partial charge on any atom is 0.102 e. The highest BCUT2D eigenvalue weighted by Gasteiger charge is 2.10. The quantitative estimate of drug-likeness (QED) is 0.647. The number of alkyl halides is 1. The molecule has 0 aromatic carbocycles. The van der Waals surface area contributed by atoms with Crippen LogP contribution < -0.4 is 5.73 Å². The van der Waals surface area contributed by atoms with Crippen LogP contribution in [0.2, 0.25) is 0 Å². The fourth-order valence-electron chi connectivity index (χ4n) is 1.01. The van der Waals surface area contributed by atoms with E-state index in [0.29, 0.717) is 18.8 Å². The summed E-state index contributed by atoms with van der Waals surface area (Å²) in [5.41, 5.74) is 5.43. The molecule has 0 saturated carbocycles. The molecule has 0 fully saturated rings. The first-order chi connectivity index (χ1) is 4.52. The molecule has 0 aliphatic rings. The Hall–Kier alpha value is -0.110. The molecular formula is C8H18FN. The third-order valence-electron chi connectivity index (χ3n) is 1.35. The highest BCUT2D eigenvalue weighted by atomic mass is 19.1. The van der Waals surface area contributed by atoms with Crippen molar-refractivity contribution in [3.8, 4) is 0 Å². The second-order valence-electron chi connectivity index (χ2n) is 3.44. The largest absolute Gasteiger partial charge is 0.328 e. The van der Waals surface area contributed by atoms with Crippen LogP contribution in [-0.2, 0) is 0 Å². The number of hydrogen-bond acceptors (Lipinski definition) is 1. The molecule has 0 radical (unpaired) electrons. The lowest BCUT2D eigenvalue weighted by Gasteiger charge is -2.12. The van der Waals surface area contributed by atoms with Crippen molar-refractivity contribution in [1.82, 2.24) is 0 Å². The minimum Gasteiger partial charge on any atom is -0.328 e. The highest BCUT2D eigenvalue weighted by Crippen LogP contribution is 2.12. The van der Waals surface area contributed by atoms with Gasteiger partial charge in [0.05, 0.1) is 0 Å². The number of rotatable bonds is 4. The van der Waals surface area contributed by atoms with E-state index in [2.05, 4.69) is 0 Å². The van der Waals surface area contributed by atoms with Gasteiger partial charge < -0.3 is 5.73 Å². The Bertz CT molecular complexity index is 71.3. The standard InChI is InChI=1S/C8H18FN/c1-6(2)4-8(9)5-7(3)10/h6-8H,4-5,10H2,1-3H3.